The molecule has 0 amide bonds. The maximum absolute atomic E-state index is 12.2. The zero-order valence-corrected chi connectivity index (χ0v) is 13.7. The van der Waals surface area contributed by atoms with Gasteiger partial charge in [-0.3, -0.25) is 0 Å². The van der Waals surface area contributed by atoms with Crippen molar-refractivity contribution in [1.82, 2.24) is 9.62 Å². The Bertz CT molecular complexity index is 397. The Morgan fingerprint density at radius 3 is 2.50 bits per heavy atom. The number of piperidine rings is 1. The summed E-state index contributed by atoms with van der Waals surface area (Å²) in [6.07, 6.45) is 1.88. The van der Waals surface area contributed by atoms with Gasteiger partial charge in [0.05, 0.1) is 6.61 Å². The lowest BCUT2D eigenvalue weighted by Crippen LogP contribution is -2.48. The van der Waals surface area contributed by atoms with Crippen LogP contribution in [0.25, 0.3) is 0 Å². The minimum absolute atomic E-state index is 0.0434. The molecule has 20 heavy (non-hydrogen) atoms. The fraction of sp³-hybridized carbons (Fsp3) is 1.00. The quantitative estimate of drug-likeness (QED) is 0.825. The lowest BCUT2D eigenvalue weighted by atomic mass is 9.92. The van der Waals surface area contributed by atoms with Crippen molar-refractivity contribution in [2.24, 2.45) is 11.8 Å². The number of likely N-dealkylation sites (tertiary alicyclic amines) is 1. The Morgan fingerprint density at radius 2 is 1.95 bits per heavy atom. The second-order valence-corrected chi connectivity index (χ2v) is 8.71. The predicted molar refractivity (Wildman–Crippen MR) is 80.1 cm³/mol. The molecule has 6 heteroatoms. The number of ether oxygens (including phenoxy) is 1. The lowest BCUT2D eigenvalue weighted by Gasteiger charge is -2.36. The molecule has 0 aliphatic carbocycles. The van der Waals surface area contributed by atoms with Gasteiger partial charge in [-0.1, -0.05) is 13.8 Å². The van der Waals surface area contributed by atoms with Crippen molar-refractivity contribution in [1.29, 1.82) is 0 Å². The van der Waals surface area contributed by atoms with Gasteiger partial charge in [0, 0.05) is 32.3 Å². The Hall–Kier alpha value is -0.170. The molecule has 0 spiro atoms. The highest BCUT2D eigenvalue weighted by Gasteiger charge is 2.31. The summed E-state index contributed by atoms with van der Waals surface area (Å²) in [5.74, 6) is 1.40. The van der Waals surface area contributed by atoms with Crippen LogP contribution < -0.4 is 4.72 Å². The second kappa shape index (κ2) is 6.73. The average molecular weight is 304 g/mol. The van der Waals surface area contributed by atoms with Crippen LogP contribution in [0, 0.1) is 11.8 Å². The summed E-state index contributed by atoms with van der Waals surface area (Å²) in [5, 5.41) is -0.371. The second-order valence-electron chi connectivity index (χ2n) is 6.71. The topological polar surface area (TPSA) is 58.6 Å². The molecule has 0 aromatic carbocycles. The highest BCUT2D eigenvalue weighted by molar-refractivity contribution is 7.90. The smallest absolute Gasteiger partial charge is 0.217 e. The summed E-state index contributed by atoms with van der Waals surface area (Å²) in [6, 6.07) is -0.0434. The Balaban J connectivity index is 1.84. The van der Waals surface area contributed by atoms with E-state index in [-0.39, 0.29) is 11.3 Å². The number of nitrogens with one attached hydrogen (secondary N) is 1. The number of rotatable bonds is 5. The molecule has 0 unspecified atom stereocenters. The van der Waals surface area contributed by atoms with Crippen molar-refractivity contribution < 1.29 is 13.2 Å². The molecule has 0 saturated carbocycles. The summed E-state index contributed by atoms with van der Waals surface area (Å²) in [5.41, 5.74) is 0. The van der Waals surface area contributed by atoms with Crippen molar-refractivity contribution in [3.05, 3.63) is 0 Å². The van der Waals surface area contributed by atoms with Crippen LogP contribution in [-0.2, 0) is 14.8 Å². The summed E-state index contributed by atoms with van der Waals surface area (Å²) >= 11 is 0. The van der Waals surface area contributed by atoms with Gasteiger partial charge in [0.25, 0.3) is 0 Å². The lowest BCUT2D eigenvalue weighted by molar-refractivity contribution is 0.134. The Morgan fingerprint density at radius 1 is 1.30 bits per heavy atom. The number of nitrogens with zero attached hydrogens (tertiary/aromatic N) is 1. The largest absolute Gasteiger partial charge is 0.380 e. The maximum atomic E-state index is 12.2. The van der Waals surface area contributed by atoms with E-state index >= 15 is 0 Å². The van der Waals surface area contributed by atoms with Crippen LogP contribution in [-0.4, -0.2) is 57.5 Å². The molecule has 2 heterocycles. The molecule has 5 nitrogen and oxygen atoms in total. The molecular formula is C14H28N2O3S. The molecule has 2 aliphatic heterocycles. The Kier molecular flexibility index (Phi) is 5.45. The van der Waals surface area contributed by atoms with Gasteiger partial charge in [-0.05, 0) is 31.6 Å². The molecule has 118 valence electrons. The number of hydrogen-bond donors (Lipinski definition) is 1. The van der Waals surface area contributed by atoms with Crippen LogP contribution >= 0.6 is 0 Å². The van der Waals surface area contributed by atoms with Crippen molar-refractivity contribution in [2.45, 2.75) is 44.9 Å². The van der Waals surface area contributed by atoms with E-state index in [0.717, 1.165) is 19.6 Å². The van der Waals surface area contributed by atoms with E-state index in [1.165, 1.54) is 6.42 Å². The monoisotopic (exact) mass is 304 g/mol. The van der Waals surface area contributed by atoms with Crippen molar-refractivity contribution >= 4 is 10.0 Å². The van der Waals surface area contributed by atoms with Gasteiger partial charge >= 0.3 is 0 Å². The first-order valence-corrected chi connectivity index (χ1v) is 9.22. The molecule has 4 atom stereocenters. The SMILES string of the molecule is C[C@@H]1C[C@H](C)CN(C[C@@H](C)NS(=O)(=O)[C@H]2CCOC2)C1. The van der Waals surface area contributed by atoms with Crippen LogP contribution in [0.15, 0.2) is 0 Å². The standard InChI is InChI=1S/C14H28N2O3S/c1-11-6-12(2)8-16(7-11)9-13(3)15-20(17,18)14-4-5-19-10-14/h11-15H,4-10H2,1-3H3/t11-,12+,13-,14+/m1/s1. The fourth-order valence-corrected chi connectivity index (χ4v) is 5.01. The molecular weight excluding hydrogens is 276 g/mol. The highest BCUT2D eigenvalue weighted by Crippen LogP contribution is 2.21. The minimum Gasteiger partial charge on any atom is -0.380 e. The molecule has 1 N–H and O–H groups in total. The third kappa shape index (κ3) is 4.41. The van der Waals surface area contributed by atoms with Crippen molar-refractivity contribution in [3.63, 3.8) is 0 Å². The van der Waals surface area contributed by atoms with Gasteiger partial charge in [0.2, 0.25) is 10.0 Å². The van der Waals surface area contributed by atoms with Gasteiger partial charge in [-0.2, -0.15) is 0 Å². The molecule has 0 radical (unpaired) electrons. The van der Waals surface area contributed by atoms with Gasteiger partial charge in [-0.25, -0.2) is 13.1 Å². The number of hydrogen-bond acceptors (Lipinski definition) is 4. The zero-order chi connectivity index (χ0) is 14.8. The normalized spacial score (nSPS) is 34.2. The Labute approximate surface area is 123 Å². The first-order valence-electron chi connectivity index (χ1n) is 7.68. The molecule has 2 aliphatic rings. The molecule has 2 saturated heterocycles. The molecule has 0 aromatic heterocycles. The first-order chi connectivity index (χ1) is 9.37. The number of sulfonamides is 1. The summed E-state index contributed by atoms with van der Waals surface area (Å²) in [4.78, 5) is 2.39. The summed E-state index contributed by atoms with van der Waals surface area (Å²) < 4.78 is 32.4. The molecule has 2 fully saturated rings. The van der Waals surface area contributed by atoms with E-state index in [2.05, 4.69) is 23.5 Å². The van der Waals surface area contributed by atoms with Crippen LogP contribution in [0.2, 0.25) is 0 Å². The molecule has 0 bridgehead atoms. The van der Waals surface area contributed by atoms with E-state index in [0.29, 0.717) is 31.5 Å². The van der Waals surface area contributed by atoms with E-state index in [1.807, 2.05) is 6.92 Å². The van der Waals surface area contributed by atoms with Gasteiger partial charge in [0.15, 0.2) is 0 Å². The third-order valence-corrected chi connectivity index (χ3v) is 6.15. The van der Waals surface area contributed by atoms with Crippen LogP contribution in [0.5, 0.6) is 0 Å². The van der Waals surface area contributed by atoms with Gasteiger partial charge in [-0.15, -0.1) is 0 Å². The van der Waals surface area contributed by atoms with Gasteiger partial charge in [0.1, 0.15) is 5.25 Å². The van der Waals surface area contributed by atoms with Crippen LogP contribution in [0.4, 0.5) is 0 Å². The van der Waals surface area contributed by atoms with E-state index in [9.17, 15) is 8.42 Å². The van der Waals surface area contributed by atoms with Crippen molar-refractivity contribution in [3.8, 4) is 0 Å². The van der Waals surface area contributed by atoms with Gasteiger partial charge < -0.3 is 9.64 Å². The molecule has 2 rings (SSSR count). The van der Waals surface area contributed by atoms with E-state index < -0.39 is 10.0 Å². The minimum atomic E-state index is -3.24. The van der Waals surface area contributed by atoms with Crippen LogP contribution in [0.1, 0.15) is 33.6 Å². The summed E-state index contributed by atoms with van der Waals surface area (Å²) in [6.45, 7) is 10.3. The van der Waals surface area contributed by atoms with E-state index in [1.54, 1.807) is 0 Å². The highest BCUT2D eigenvalue weighted by atomic mass is 32.2. The fourth-order valence-electron chi connectivity index (χ4n) is 3.50. The van der Waals surface area contributed by atoms with Crippen molar-refractivity contribution in [2.75, 3.05) is 32.8 Å². The average Bonchev–Trinajstić information content (AvgIpc) is 2.79. The predicted octanol–water partition coefficient (Wildman–Crippen LogP) is 1.06. The molecule has 0 aromatic rings. The first kappa shape index (κ1) is 16.2. The van der Waals surface area contributed by atoms with E-state index in [4.69, 9.17) is 4.74 Å². The van der Waals surface area contributed by atoms with Crippen LogP contribution in [0.3, 0.4) is 0 Å². The summed E-state index contributed by atoms with van der Waals surface area (Å²) in [7, 11) is -3.24. The maximum Gasteiger partial charge on any atom is 0.217 e. The third-order valence-electron chi connectivity index (χ3n) is 4.17. The zero-order valence-electron chi connectivity index (χ0n) is 12.8.